The highest BCUT2D eigenvalue weighted by Crippen LogP contribution is 2.05. The summed E-state index contributed by atoms with van der Waals surface area (Å²) >= 11 is 0. The third kappa shape index (κ3) is 2.94. The van der Waals surface area contributed by atoms with E-state index in [0.29, 0.717) is 5.75 Å². The molecule has 0 spiro atoms. The molecular formula is C9H9NO3. The van der Waals surface area contributed by atoms with E-state index in [1.54, 1.807) is 24.3 Å². The molecule has 1 aromatic rings. The Bertz CT molecular complexity index is 308. The zero-order valence-corrected chi connectivity index (χ0v) is 7.11. The van der Waals surface area contributed by atoms with E-state index in [9.17, 15) is 9.59 Å². The molecule has 4 nitrogen and oxygen atoms in total. The van der Waals surface area contributed by atoms with E-state index >= 15 is 0 Å². The fourth-order valence-electron chi connectivity index (χ4n) is 0.666. The van der Waals surface area contributed by atoms with Gasteiger partial charge in [-0.25, -0.2) is 0 Å². The first-order chi connectivity index (χ1) is 6.20. The lowest BCUT2D eigenvalue weighted by atomic mass is 10.3. The van der Waals surface area contributed by atoms with Crippen molar-refractivity contribution in [3.63, 3.8) is 0 Å². The second kappa shape index (κ2) is 4.25. The van der Waals surface area contributed by atoms with Crippen LogP contribution in [-0.4, -0.2) is 11.7 Å². The first-order valence-electron chi connectivity index (χ1n) is 3.73. The third-order valence-electron chi connectivity index (χ3n) is 1.32. The number of amides is 1. The smallest absolute Gasteiger partial charge is 0.319 e. The molecule has 0 aliphatic carbocycles. The van der Waals surface area contributed by atoms with Crippen molar-refractivity contribution in [2.75, 3.05) is 0 Å². The molecule has 0 radical (unpaired) electrons. The monoisotopic (exact) mass is 179 g/mol. The van der Waals surface area contributed by atoms with E-state index in [-0.39, 0.29) is 0 Å². The molecule has 0 aromatic heterocycles. The minimum Gasteiger partial charge on any atom is -0.379 e. The Morgan fingerprint density at radius 2 is 1.85 bits per heavy atom. The highest BCUT2D eigenvalue weighted by molar-refractivity contribution is 6.34. The van der Waals surface area contributed by atoms with Gasteiger partial charge < -0.3 is 4.84 Å². The quantitative estimate of drug-likeness (QED) is 0.548. The van der Waals surface area contributed by atoms with Gasteiger partial charge in [0.1, 0.15) is 0 Å². The van der Waals surface area contributed by atoms with Crippen molar-refractivity contribution in [2.45, 2.75) is 6.92 Å². The summed E-state index contributed by atoms with van der Waals surface area (Å²) in [6.45, 7) is 1.17. The van der Waals surface area contributed by atoms with Crippen molar-refractivity contribution in [1.29, 1.82) is 0 Å². The van der Waals surface area contributed by atoms with Crippen molar-refractivity contribution >= 4 is 11.7 Å². The summed E-state index contributed by atoms with van der Waals surface area (Å²) in [4.78, 5) is 26.0. The summed E-state index contributed by atoms with van der Waals surface area (Å²) in [6.07, 6.45) is 0. The first kappa shape index (κ1) is 9.25. The van der Waals surface area contributed by atoms with Crippen LogP contribution in [0, 0.1) is 0 Å². The molecule has 0 saturated heterocycles. The molecule has 13 heavy (non-hydrogen) atoms. The van der Waals surface area contributed by atoms with E-state index in [0.717, 1.165) is 0 Å². The predicted molar refractivity (Wildman–Crippen MR) is 45.9 cm³/mol. The average Bonchev–Trinajstić information content (AvgIpc) is 2.15. The van der Waals surface area contributed by atoms with Crippen LogP contribution >= 0.6 is 0 Å². The lowest BCUT2D eigenvalue weighted by Crippen LogP contribution is -2.31. The summed E-state index contributed by atoms with van der Waals surface area (Å²) in [6, 6.07) is 8.67. The molecule has 0 fully saturated rings. The standard InChI is InChI=1S/C9H9NO3/c1-7(11)9(12)10-13-8-5-3-2-4-6-8/h2-6H,1H3,(H,10,12). The van der Waals surface area contributed by atoms with Crippen LogP contribution in [0.3, 0.4) is 0 Å². The van der Waals surface area contributed by atoms with Crippen LogP contribution in [0.25, 0.3) is 0 Å². The Hall–Kier alpha value is -1.84. The van der Waals surface area contributed by atoms with Crippen molar-refractivity contribution in [3.05, 3.63) is 30.3 Å². The second-order valence-corrected chi connectivity index (χ2v) is 2.40. The van der Waals surface area contributed by atoms with E-state index in [4.69, 9.17) is 4.84 Å². The van der Waals surface area contributed by atoms with Gasteiger partial charge in [-0.3, -0.25) is 9.59 Å². The van der Waals surface area contributed by atoms with E-state index in [2.05, 4.69) is 0 Å². The van der Waals surface area contributed by atoms with E-state index in [1.807, 2.05) is 11.5 Å². The van der Waals surface area contributed by atoms with Crippen LogP contribution in [0.5, 0.6) is 5.75 Å². The van der Waals surface area contributed by atoms with E-state index < -0.39 is 11.7 Å². The molecule has 1 N–H and O–H groups in total. The lowest BCUT2D eigenvalue weighted by Gasteiger charge is -2.03. The number of carbonyl (C=O) groups is 2. The van der Waals surface area contributed by atoms with Gasteiger partial charge in [0.25, 0.3) is 0 Å². The second-order valence-electron chi connectivity index (χ2n) is 2.40. The third-order valence-corrected chi connectivity index (χ3v) is 1.32. The zero-order valence-electron chi connectivity index (χ0n) is 7.11. The topological polar surface area (TPSA) is 55.4 Å². The van der Waals surface area contributed by atoms with Gasteiger partial charge in [0.05, 0.1) is 0 Å². The molecule has 0 heterocycles. The normalized spacial score (nSPS) is 9.00. The van der Waals surface area contributed by atoms with Gasteiger partial charge in [-0.05, 0) is 12.1 Å². The Kier molecular flexibility index (Phi) is 3.03. The Morgan fingerprint density at radius 3 is 2.38 bits per heavy atom. The fourth-order valence-corrected chi connectivity index (χ4v) is 0.666. The number of para-hydroxylation sites is 1. The predicted octanol–water partition coefficient (Wildman–Crippen LogP) is 0.686. The molecule has 0 bridgehead atoms. The number of nitrogens with one attached hydrogen (secondary N) is 1. The van der Waals surface area contributed by atoms with Gasteiger partial charge in [-0.15, -0.1) is 0 Å². The van der Waals surface area contributed by atoms with Gasteiger partial charge in [0, 0.05) is 6.92 Å². The molecule has 0 aliphatic rings. The highest BCUT2D eigenvalue weighted by Gasteiger charge is 2.06. The van der Waals surface area contributed by atoms with Crippen LogP contribution < -0.4 is 10.3 Å². The van der Waals surface area contributed by atoms with Crippen LogP contribution in [0.15, 0.2) is 30.3 Å². The maximum absolute atomic E-state index is 10.7. The molecule has 68 valence electrons. The average molecular weight is 179 g/mol. The summed E-state index contributed by atoms with van der Waals surface area (Å²) in [5, 5.41) is 0. The Balaban J connectivity index is 2.44. The van der Waals surface area contributed by atoms with E-state index in [1.165, 1.54) is 6.92 Å². The minimum atomic E-state index is -0.760. The number of hydrogen-bond donors (Lipinski definition) is 1. The minimum absolute atomic E-state index is 0.483. The van der Waals surface area contributed by atoms with Crippen molar-refractivity contribution in [1.82, 2.24) is 5.48 Å². The number of Topliss-reactive ketones (excluding diaryl/α,β-unsaturated/α-hetero) is 1. The van der Waals surface area contributed by atoms with Crippen molar-refractivity contribution in [2.24, 2.45) is 0 Å². The van der Waals surface area contributed by atoms with Gasteiger partial charge in [-0.2, -0.15) is 5.48 Å². The molecule has 1 aromatic carbocycles. The highest BCUT2D eigenvalue weighted by atomic mass is 16.7. The SMILES string of the molecule is CC(=O)C(=O)NOc1ccccc1. The van der Waals surface area contributed by atoms with Crippen LogP contribution in [0.2, 0.25) is 0 Å². The molecule has 0 unspecified atom stereocenters. The molecule has 4 heteroatoms. The first-order valence-corrected chi connectivity index (χ1v) is 3.73. The lowest BCUT2D eigenvalue weighted by molar-refractivity contribution is -0.140. The number of carbonyl (C=O) groups excluding carboxylic acids is 2. The summed E-state index contributed by atoms with van der Waals surface area (Å²) in [5.41, 5.74) is 2.01. The molecule has 0 atom stereocenters. The number of hydroxylamine groups is 1. The van der Waals surface area contributed by atoms with Gasteiger partial charge in [0.15, 0.2) is 5.75 Å². The van der Waals surface area contributed by atoms with Crippen LogP contribution in [0.1, 0.15) is 6.92 Å². The maximum Gasteiger partial charge on any atom is 0.319 e. The van der Waals surface area contributed by atoms with Crippen molar-refractivity contribution < 1.29 is 14.4 Å². The summed E-state index contributed by atoms with van der Waals surface area (Å²) in [7, 11) is 0. The van der Waals surface area contributed by atoms with Crippen LogP contribution in [-0.2, 0) is 9.59 Å². The fraction of sp³-hybridized carbons (Fsp3) is 0.111. The van der Waals surface area contributed by atoms with Gasteiger partial charge in [-0.1, -0.05) is 18.2 Å². The molecule has 0 saturated carbocycles. The molecule has 0 aliphatic heterocycles. The largest absolute Gasteiger partial charge is 0.379 e. The zero-order chi connectivity index (χ0) is 9.68. The number of rotatable bonds is 3. The van der Waals surface area contributed by atoms with Crippen molar-refractivity contribution in [3.8, 4) is 5.75 Å². The van der Waals surface area contributed by atoms with Gasteiger partial charge >= 0.3 is 5.91 Å². The number of hydrogen-bond acceptors (Lipinski definition) is 3. The number of ketones is 1. The Morgan fingerprint density at radius 1 is 1.23 bits per heavy atom. The van der Waals surface area contributed by atoms with Gasteiger partial charge in [0.2, 0.25) is 5.78 Å². The maximum atomic E-state index is 10.7. The van der Waals surface area contributed by atoms with Crippen LogP contribution in [0.4, 0.5) is 0 Å². The summed E-state index contributed by atoms with van der Waals surface area (Å²) in [5.74, 6) is -0.864. The molecule has 1 amide bonds. The molecular weight excluding hydrogens is 170 g/mol. The number of benzene rings is 1. The summed E-state index contributed by atoms with van der Waals surface area (Å²) < 4.78 is 0. The molecule has 1 rings (SSSR count). The Labute approximate surface area is 75.5 Å².